The van der Waals surface area contributed by atoms with Gasteiger partial charge in [-0.3, -0.25) is 0 Å². The molecule has 0 aliphatic rings. The van der Waals surface area contributed by atoms with Crippen LogP contribution in [0.1, 0.15) is 6.42 Å². The van der Waals surface area contributed by atoms with Crippen molar-refractivity contribution in [3.63, 3.8) is 0 Å². The first-order valence-corrected chi connectivity index (χ1v) is 5.52. The predicted octanol–water partition coefficient (Wildman–Crippen LogP) is 1.23. The molecule has 92 valence electrons. The molecule has 0 rings (SSSR count). The average molecular weight is 247 g/mol. The molecular formula is C8H16F3NO2S. The van der Waals surface area contributed by atoms with Crippen molar-refractivity contribution in [3.05, 3.63) is 0 Å². The summed E-state index contributed by atoms with van der Waals surface area (Å²) in [6.45, 7) is 1.02. The van der Waals surface area contributed by atoms with Crippen LogP contribution in [0.15, 0.2) is 0 Å². The highest BCUT2D eigenvalue weighted by atomic mass is 32.2. The van der Waals surface area contributed by atoms with Gasteiger partial charge < -0.3 is 15.2 Å². The Labute approximate surface area is 91.4 Å². The number of aliphatic hydroxyl groups excluding tert-OH is 1. The molecule has 0 saturated heterocycles. The van der Waals surface area contributed by atoms with Gasteiger partial charge in [-0.2, -0.15) is 13.2 Å². The molecule has 0 aromatic heterocycles. The van der Waals surface area contributed by atoms with Gasteiger partial charge in [0.05, 0.1) is 12.7 Å². The van der Waals surface area contributed by atoms with Gasteiger partial charge in [-0.15, -0.1) is 0 Å². The number of aliphatic hydroxyl groups is 1. The topological polar surface area (TPSA) is 41.5 Å². The molecule has 0 aliphatic heterocycles. The largest absolute Gasteiger partial charge is 0.441 e. The van der Waals surface area contributed by atoms with Crippen LogP contribution < -0.4 is 5.32 Å². The molecular weight excluding hydrogens is 231 g/mol. The van der Waals surface area contributed by atoms with Crippen molar-refractivity contribution in [1.29, 1.82) is 0 Å². The third-order valence-corrected chi connectivity index (χ3v) is 2.29. The molecule has 0 aromatic carbocycles. The van der Waals surface area contributed by atoms with Crippen molar-refractivity contribution in [2.24, 2.45) is 0 Å². The molecule has 0 spiro atoms. The van der Waals surface area contributed by atoms with E-state index in [1.807, 2.05) is 0 Å². The van der Waals surface area contributed by atoms with Crippen LogP contribution in [0, 0.1) is 0 Å². The van der Waals surface area contributed by atoms with Gasteiger partial charge in [-0.05, 0) is 24.7 Å². The van der Waals surface area contributed by atoms with Crippen LogP contribution in [-0.2, 0) is 4.74 Å². The van der Waals surface area contributed by atoms with Gasteiger partial charge >= 0.3 is 5.51 Å². The maximum Gasteiger partial charge on any atom is 0.441 e. The van der Waals surface area contributed by atoms with Gasteiger partial charge in [0.15, 0.2) is 0 Å². The zero-order valence-corrected chi connectivity index (χ0v) is 9.33. The molecule has 3 nitrogen and oxygen atoms in total. The van der Waals surface area contributed by atoms with E-state index in [2.05, 4.69) is 5.32 Å². The van der Waals surface area contributed by atoms with E-state index in [1.165, 1.54) is 7.11 Å². The first-order valence-electron chi connectivity index (χ1n) is 4.54. The molecule has 0 radical (unpaired) electrons. The number of rotatable bonds is 8. The van der Waals surface area contributed by atoms with Gasteiger partial charge in [-0.25, -0.2) is 0 Å². The lowest BCUT2D eigenvalue weighted by Gasteiger charge is -2.10. The Morgan fingerprint density at radius 2 is 2.07 bits per heavy atom. The lowest BCUT2D eigenvalue weighted by atomic mass is 10.3. The summed E-state index contributed by atoms with van der Waals surface area (Å²) in [4.78, 5) is 0. The third kappa shape index (κ3) is 11.9. The third-order valence-electron chi connectivity index (χ3n) is 1.56. The van der Waals surface area contributed by atoms with Crippen LogP contribution in [0.4, 0.5) is 13.2 Å². The van der Waals surface area contributed by atoms with E-state index in [0.29, 0.717) is 13.0 Å². The molecule has 0 aliphatic carbocycles. The second-order valence-corrected chi connectivity index (χ2v) is 4.10. The first kappa shape index (κ1) is 15.0. The number of alkyl halides is 3. The zero-order valence-electron chi connectivity index (χ0n) is 8.51. The standard InChI is InChI=1S/C8H16F3NO2S/c1-14-6-7(13)2-3-12-4-5-15-8(9,10)11/h7,12-13H,2-6H2,1H3. The van der Waals surface area contributed by atoms with Crippen molar-refractivity contribution in [1.82, 2.24) is 5.32 Å². The van der Waals surface area contributed by atoms with Gasteiger partial charge in [-0.1, -0.05) is 0 Å². The van der Waals surface area contributed by atoms with E-state index >= 15 is 0 Å². The van der Waals surface area contributed by atoms with E-state index in [4.69, 9.17) is 4.74 Å². The summed E-state index contributed by atoms with van der Waals surface area (Å²) in [6.07, 6.45) is -0.0809. The quantitative estimate of drug-likeness (QED) is 0.633. The van der Waals surface area contributed by atoms with E-state index in [-0.39, 0.29) is 30.7 Å². The van der Waals surface area contributed by atoms with Gasteiger partial charge in [0, 0.05) is 19.4 Å². The van der Waals surface area contributed by atoms with E-state index in [0.717, 1.165) is 0 Å². The SMILES string of the molecule is COCC(O)CCNCCSC(F)(F)F. The number of thioether (sulfide) groups is 1. The molecule has 7 heteroatoms. The Hall–Kier alpha value is 0.0200. The van der Waals surface area contributed by atoms with Crippen LogP contribution >= 0.6 is 11.8 Å². The summed E-state index contributed by atoms with van der Waals surface area (Å²) in [6, 6.07) is 0. The Balaban J connectivity index is 3.18. The lowest BCUT2D eigenvalue weighted by Crippen LogP contribution is -2.25. The molecule has 1 atom stereocenters. The minimum atomic E-state index is -4.16. The van der Waals surface area contributed by atoms with E-state index in [1.54, 1.807) is 0 Å². The summed E-state index contributed by atoms with van der Waals surface area (Å²) in [5, 5.41) is 12.0. The molecule has 0 saturated carbocycles. The number of hydrogen-bond donors (Lipinski definition) is 2. The van der Waals surface area contributed by atoms with Crippen LogP contribution in [0.3, 0.4) is 0 Å². The fraction of sp³-hybridized carbons (Fsp3) is 1.00. The first-order chi connectivity index (χ1) is 6.95. The molecule has 15 heavy (non-hydrogen) atoms. The lowest BCUT2D eigenvalue weighted by molar-refractivity contribution is -0.0327. The van der Waals surface area contributed by atoms with Crippen LogP contribution in [0.2, 0.25) is 0 Å². The molecule has 2 N–H and O–H groups in total. The fourth-order valence-corrected chi connectivity index (χ4v) is 1.39. The molecule has 1 unspecified atom stereocenters. The Kier molecular flexibility index (Phi) is 8.22. The average Bonchev–Trinajstić information content (AvgIpc) is 2.09. The smallest absolute Gasteiger partial charge is 0.391 e. The minimum Gasteiger partial charge on any atom is -0.391 e. The second-order valence-electron chi connectivity index (χ2n) is 2.94. The van der Waals surface area contributed by atoms with Crippen molar-refractivity contribution >= 4 is 11.8 Å². The fourth-order valence-electron chi connectivity index (χ4n) is 0.908. The van der Waals surface area contributed by atoms with E-state index < -0.39 is 11.6 Å². The molecule has 0 fully saturated rings. The van der Waals surface area contributed by atoms with Gasteiger partial charge in [0.1, 0.15) is 0 Å². The Bertz CT molecular complexity index is 157. The number of hydrogen-bond acceptors (Lipinski definition) is 4. The van der Waals surface area contributed by atoms with E-state index in [9.17, 15) is 18.3 Å². The van der Waals surface area contributed by atoms with Crippen molar-refractivity contribution in [2.75, 3.05) is 32.6 Å². The maximum atomic E-state index is 11.7. The Morgan fingerprint density at radius 3 is 2.60 bits per heavy atom. The van der Waals surface area contributed by atoms with Crippen LogP contribution in [0.25, 0.3) is 0 Å². The maximum absolute atomic E-state index is 11.7. The van der Waals surface area contributed by atoms with Crippen molar-refractivity contribution in [3.8, 4) is 0 Å². The number of nitrogens with one attached hydrogen (secondary N) is 1. The summed E-state index contributed by atoms with van der Waals surface area (Å²) >= 11 is -0.0470. The molecule has 0 aromatic rings. The summed E-state index contributed by atoms with van der Waals surface area (Å²) in [5.41, 5.74) is -4.16. The number of methoxy groups -OCH3 is 1. The normalized spacial score (nSPS) is 14.2. The Morgan fingerprint density at radius 1 is 1.40 bits per heavy atom. The molecule has 0 amide bonds. The highest BCUT2D eigenvalue weighted by Gasteiger charge is 2.27. The zero-order chi connectivity index (χ0) is 11.7. The minimum absolute atomic E-state index is 0.0100. The van der Waals surface area contributed by atoms with Gasteiger partial charge in [0.2, 0.25) is 0 Å². The highest BCUT2D eigenvalue weighted by Crippen LogP contribution is 2.29. The van der Waals surface area contributed by atoms with Gasteiger partial charge in [0.25, 0.3) is 0 Å². The number of halogens is 3. The molecule has 0 heterocycles. The van der Waals surface area contributed by atoms with Crippen molar-refractivity contribution < 1.29 is 23.0 Å². The predicted molar refractivity (Wildman–Crippen MR) is 53.9 cm³/mol. The summed E-state index contributed by atoms with van der Waals surface area (Å²) in [7, 11) is 1.48. The monoisotopic (exact) mass is 247 g/mol. The summed E-state index contributed by atoms with van der Waals surface area (Å²) in [5.74, 6) is -0.0100. The summed E-state index contributed by atoms with van der Waals surface area (Å²) < 4.78 is 39.7. The van der Waals surface area contributed by atoms with Crippen LogP contribution in [-0.4, -0.2) is 49.3 Å². The van der Waals surface area contributed by atoms with Crippen molar-refractivity contribution in [2.45, 2.75) is 18.0 Å². The molecule has 0 bridgehead atoms. The second kappa shape index (κ2) is 8.20. The number of ether oxygens (including phenoxy) is 1. The highest BCUT2D eigenvalue weighted by molar-refractivity contribution is 8.00. The van der Waals surface area contributed by atoms with Crippen LogP contribution in [0.5, 0.6) is 0 Å².